The number of carbonyl (C=O) groups excluding carboxylic acids is 6. The van der Waals surface area contributed by atoms with E-state index in [0.717, 1.165) is 42.2 Å². The monoisotopic (exact) mass is 841 g/mol. The summed E-state index contributed by atoms with van der Waals surface area (Å²) in [6, 6.07) is 16.9. The van der Waals surface area contributed by atoms with Gasteiger partial charge < -0.3 is 36.3 Å². The van der Waals surface area contributed by atoms with E-state index >= 15 is 0 Å². The lowest BCUT2D eigenvalue weighted by atomic mass is 10.0. The van der Waals surface area contributed by atoms with Crippen molar-refractivity contribution in [1.82, 2.24) is 20.5 Å². The second kappa shape index (κ2) is 21.5. The molecule has 5 rings (SSSR count). The van der Waals surface area contributed by atoms with Crippen LogP contribution in [0.4, 0.5) is 27.3 Å². The molecule has 5 aromatic rings. The van der Waals surface area contributed by atoms with Gasteiger partial charge in [-0.2, -0.15) is 0 Å². The summed E-state index contributed by atoms with van der Waals surface area (Å²) in [5.74, 6) is -1.83. The molecule has 0 fully saturated rings. The largest absolute Gasteiger partial charge is 0.385 e. The molecule has 3 aromatic carbocycles. The summed E-state index contributed by atoms with van der Waals surface area (Å²) in [7, 11) is 2.97. The van der Waals surface area contributed by atoms with Gasteiger partial charge in [0.25, 0.3) is 17.7 Å². The SMILES string of the molecule is CNC(=O)CCC(C=O)N(C)C(=O)c1ccc(NCCCCCCCNC(=O)c2cnc(Nc3cc(F)ccc3Cl)c(NC(=O)c3csc4ccccc34)c2)cc1C=O. The Balaban J connectivity index is 1.08. The number of aldehydes is 2. The molecule has 2 heterocycles. The Hall–Kier alpha value is -6.19. The first-order valence-corrected chi connectivity index (χ1v) is 20.3. The minimum atomic E-state index is -0.811. The maximum atomic E-state index is 14.0. The number of hydrogen-bond acceptors (Lipinski definition) is 10. The number of pyridine rings is 1. The summed E-state index contributed by atoms with van der Waals surface area (Å²) in [4.78, 5) is 80.5. The maximum Gasteiger partial charge on any atom is 0.257 e. The molecule has 1 unspecified atom stereocenters. The van der Waals surface area contributed by atoms with Crippen molar-refractivity contribution in [3.05, 3.63) is 111 Å². The van der Waals surface area contributed by atoms with Crippen LogP contribution in [-0.4, -0.2) is 79.3 Å². The Morgan fingerprint density at radius 1 is 0.898 bits per heavy atom. The van der Waals surface area contributed by atoms with Gasteiger partial charge in [-0.1, -0.05) is 49.1 Å². The van der Waals surface area contributed by atoms with Gasteiger partial charge in [0.05, 0.1) is 39.1 Å². The van der Waals surface area contributed by atoms with Crippen LogP contribution in [0.5, 0.6) is 0 Å². The number of fused-ring (bicyclic) bond motifs is 1. The lowest BCUT2D eigenvalue weighted by molar-refractivity contribution is -0.121. The number of rotatable bonds is 21. The predicted molar refractivity (Wildman–Crippen MR) is 230 cm³/mol. The van der Waals surface area contributed by atoms with Crippen LogP contribution in [0.1, 0.15) is 86.4 Å². The number of nitrogens with one attached hydrogen (secondary N) is 5. The molecule has 0 aliphatic heterocycles. The molecule has 5 N–H and O–H groups in total. The quantitative estimate of drug-likeness (QED) is 0.0364. The summed E-state index contributed by atoms with van der Waals surface area (Å²) in [6.07, 6.45) is 7.14. The highest BCUT2D eigenvalue weighted by atomic mass is 35.5. The number of aromatic nitrogens is 1. The van der Waals surface area contributed by atoms with E-state index in [1.165, 1.54) is 60.8 Å². The first-order chi connectivity index (χ1) is 28.5. The second-order valence-corrected chi connectivity index (χ2v) is 15.0. The van der Waals surface area contributed by atoms with Crippen molar-refractivity contribution in [2.24, 2.45) is 0 Å². The third-order valence-electron chi connectivity index (χ3n) is 9.60. The number of amides is 4. The minimum absolute atomic E-state index is 0.0842. The summed E-state index contributed by atoms with van der Waals surface area (Å²) in [6.45, 7) is 1.06. The van der Waals surface area contributed by atoms with E-state index in [0.29, 0.717) is 36.9 Å². The van der Waals surface area contributed by atoms with Gasteiger partial charge in [-0.15, -0.1) is 11.3 Å². The van der Waals surface area contributed by atoms with Crippen molar-refractivity contribution in [1.29, 1.82) is 0 Å². The van der Waals surface area contributed by atoms with Crippen LogP contribution in [0.3, 0.4) is 0 Å². The van der Waals surface area contributed by atoms with Gasteiger partial charge in [0.15, 0.2) is 12.1 Å². The van der Waals surface area contributed by atoms with Gasteiger partial charge in [-0.25, -0.2) is 9.37 Å². The van der Waals surface area contributed by atoms with Crippen LogP contribution in [0, 0.1) is 5.82 Å². The standard InChI is InChI=1S/C43H45ClFN7O6S/c1-46-39(55)17-14-31(25-54)52(2)43(58)32-15-13-30(20-28(32)24-53)47-18-8-4-3-5-9-19-48-41(56)27-21-37(40(49-23-27)50-36-22-29(45)12-16-35(36)44)51-42(57)34-26-59-38-11-7-6-10-33(34)38/h6-7,10-13,15-16,20-26,31,47H,3-5,8-9,14,17-19H2,1-2H3,(H,46,55)(H,48,56)(H,49,50)(H,51,57). The number of anilines is 4. The summed E-state index contributed by atoms with van der Waals surface area (Å²) in [5, 5.41) is 17.3. The predicted octanol–water partition coefficient (Wildman–Crippen LogP) is 7.86. The van der Waals surface area contributed by atoms with Gasteiger partial charge in [0.2, 0.25) is 5.91 Å². The molecule has 0 spiro atoms. The third-order valence-corrected chi connectivity index (χ3v) is 10.9. The number of likely N-dealkylation sites (N-methyl/N-ethyl adjacent to an activating group) is 1. The average molecular weight is 842 g/mol. The summed E-state index contributed by atoms with van der Waals surface area (Å²) >= 11 is 7.73. The number of nitrogens with zero attached hydrogens (tertiary/aromatic N) is 2. The van der Waals surface area contributed by atoms with E-state index in [9.17, 15) is 33.2 Å². The molecular formula is C43H45ClFN7O6S. The molecule has 16 heteroatoms. The summed E-state index contributed by atoms with van der Waals surface area (Å²) < 4.78 is 15.0. The van der Waals surface area contributed by atoms with Crippen LogP contribution in [-0.2, 0) is 9.59 Å². The fourth-order valence-electron chi connectivity index (χ4n) is 6.23. The summed E-state index contributed by atoms with van der Waals surface area (Å²) in [5.41, 5.74) is 2.18. The Morgan fingerprint density at radius 2 is 1.66 bits per heavy atom. The van der Waals surface area contributed by atoms with Gasteiger partial charge in [0, 0.05) is 66.5 Å². The van der Waals surface area contributed by atoms with E-state index < -0.39 is 23.7 Å². The number of halogens is 2. The Bertz CT molecular complexity index is 2320. The molecule has 13 nitrogen and oxygen atoms in total. The Labute approximate surface area is 350 Å². The number of hydrogen-bond donors (Lipinski definition) is 5. The number of benzene rings is 3. The third kappa shape index (κ3) is 11.9. The molecule has 0 saturated heterocycles. The molecule has 0 aliphatic carbocycles. The topological polar surface area (TPSA) is 179 Å². The molecule has 4 amide bonds. The zero-order chi connectivity index (χ0) is 42.3. The van der Waals surface area contributed by atoms with Crippen molar-refractivity contribution in [2.45, 2.75) is 51.0 Å². The molecule has 0 saturated carbocycles. The number of thiophene rings is 1. The van der Waals surface area contributed by atoms with E-state index in [1.807, 2.05) is 24.3 Å². The van der Waals surface area contributed by atoms with Crippen LogP contribution in [0.25, 0.3) is 10.1 Å². The van der Waals surface area contributed by atoms with E-state index in [2.05, 4.69) is 31.6 Å². The highest BCUT2D eigenvalue weighted by molar-refractivity contribution is 7.17. The van der Waals surface area contributed by atoms with Crippen LogP contribution >= 0.6 is 22.9 Å². The van der Waals surface area contributed by atoms with Crippen molar-refractivity contribution < 1.29 is 33.2 Å². The van der Waals surface area contributed by atoms with Crippen molar-refractivity contribution in [2.75, 3.05) is 43.1 Å². The van der Waals surface area contributed by atoms with Crippen LogP contribution < -0.4 is 26.6 Å². The van der Waals surface area contributed by atoms with Gasteiger partial charge >= 0.3 is 0 Å². The molecular weight excluding hydrogens is 797 g/mol. The molecule has 308 valence electrons. The van der Waals surface area contributed by atoms with Gasteiger partial charge in [-0.3, -0.25) is 24.0 Å². The smallest absolute Gasteiger partial charge is 0.257 e. The molecule has 0 bridgehead atoms. The van der Waals surface area contributed by atoms with E-state index in [-0.39, 0.29) is 63.6 Å². The van der Waals surface area contributed by atoms with Crippen LogP contribution in [0.2, 0.25) is 5.02 Å². The molecule has 2 aromatic heterocycles. The fourth-order valence-corrected chi connectivity index (χ4v) is 7.33. The molecule has 1 atom stereocenters. The molecule has 0 radical (unpaired) electrons. The van der Waals surface area contributed by atoms with Crippen molar-refractivity contribution >= 4 is 92.1 Å². The van der Waals surface area contributed by atoms with Crippen molar-refractivity contribution in [3.8, 4) is 0 Å². The molecule has 59 heavy (non-hydrogen) atoms. The molecule has 0 aliphatic rings. The average Bonchev–Trinajstić information content (AvgIpc) is 3.69. The number of carbonyl (C=O) groups is 6. The first-order valence-electron chi connectivity index (χ1n) is 19.1. The number of unbranched alkanes of at least 4 members (excludes halogenated alkanes) is 4. The second-order valence-electron chi connectivity index (χ2n) is 13.7. The lowest BCUT2D eigenvalue weighted by Crippen LogP contribution is -2.39. The van der Waals surface area contributed by atoms with Gasteiger partial charge in [0.1, 0.15) is 12.1 Å². The van der Waals surface area contributed by atoms with Crippen LogP contribution in [0.15, 0.2) is 78.3 Å². The Kier molecular flexibility index (Phi) is 16.0. The van der Waals surface area contributed by atoms with E-state index in [4.69, 9.17) is 11.6 Å². The highest BCUT2D eigenvalue weighted by Crippen LogP contribution is 2.32. The highest BCUT2D eigenvalue weighted by Gasteiger charge is 2.24. The minimum Gasteiger partial charge on any atom is -0.385 e. The maximum absolute atomic E-state index is 14.0. The fraction of sp³-hybridized carbons (Fsp3) is 0.279. The Morgan fingerprint density at radius 3 is 2.42 bits per heavy atom. The van der Waals surface area contributed by atoms with Crippen molar-refractivity contribution in [3.63, 3.8) is 0 Å². The first kappa shape index (κ1) is 43.9. The zero-order valence-corrected chi connectivity index (χ0v) is 34.2. The zero-order valence-electron chi connectivity index (χ0n) is 32.6. The normalized spacial score (nSPS) is 11.3. The lowest BCUT2D eigenvalue weighted by Gasteiger charge is -2.24. The van der Waals surface area contributed by atoms with Gasteiger partial charge in [-0.05, 0) is 67.8 Å². The van der Waals surface area contributed by atoms with E-state index in [1.54, 1.807) is 23.6 Å².